The molecule has 1 unspecified atom stereocenters. The van der Waals surface area contributed by atoms with Gasteiger partial charge in [0.2, 0.25) is 15.9 Å². The summed E-state index contributed by atoms with van der Waals surface area (Å²) in [5.41, 5.74) is 1.84. The molecule has 3 N–H and O–H groups in total. The van der Waals surface area contributed by atoms with Crippen LogP contribution >= 0.6 is 0 Å². The monoisotopic (exact) mass is 442 g/mol. The van der Waals surface area contributed by atoms with Crippen molar-refractivity contribution < 1.29 is 22.3 Å². The van der Waals surface area contributed by atoms with E-state index >= 15 is 0 Å². The summed E-state index contributed by atoms with van der Waals surface area (Å²) in [7, 11) is -3.75. The van der Waals surface area contributed by atoms with Crippen LogP contribution < -0.4 is 15.2 Å². The molecule has 0 radical (unpaired) electrons. The Balaban J connectivity index is 1.52. The van der Waals surface area contributed by atoms with Crippen LogP contribution in [0.5, 0.6) is 5.75 Å². The first-order valence-electron chi connectivity index (χ1n) is 9.64. The largest absolute Gasteiger partial charge is 0.492 e. The predicted octanol–water partition coefficient (Wildman–Crippen LogP) is 3.44. The molecule has 0 saturated heterocycles. The highest BCUT2D eigenvalue weighted by Gasteiger charge is 2.17. The maximum absolute atomic E-state index is 14.6. The Bertz CT molecular complexity index is 1150. The van der Waals surface area contributed by atoms with Crippen molar-refractivity contribution in [3.63, 3.8) is 0 Å². The van der Waals surface area contributed by atoms with E-state index in [9.17, 15) is 17.6 Å². The van der Waals surface area contributed by atoms with E-state index in [1.54, 1.807) is 19.1 Å². The Kier molecular flexibility index (Phi) is 7.04. The van der Waals surface area contributed by atoms with Crippen molar-refractivity contribution in [3.05, 3.63) is 84.2 Å². The van der Waals surface area contributed by atoms with Gasteiger partial charge in [-0.1, -0.05) is 42.5 Å². The van der Waals surface area contributed by atoms with Crippen LogP contribution in [0.15, 0.2) is 77.7 Å². The van der Waals surface area contributed by atoms with Crippen molar-refractivity contribution in [2.45, 2.75) is 17.7 Å². The smallest absolute Gasteiger partial charge is 0.238 e. The van der Waals surface area contributed by atoms with Crippen molar-refractivity contribution in [1.29, 1.82) is 0 Å². The van der Waals surface area contributed by atoms with Gasteiger partial charge in [0.05, 0.1) is 17.4 Å². The number of hydrogen-bond donors (Lipinski definition) is 2. The van der Waals surface area contributed by atoms with E-state index in [4.69, 9.17) is 9.88 Å². The third-order valence-electron chi connectivity index (χ3n) is 4.79. The molecule has 0 aliphatic heterocycles. The molecule has 6 nitrogen and oxygen atoms in total. The molecule has 31 heavy (non-hydrogen) atoms. The second kappa shape index (κ2) is 9.72. The molecule has 0 spiro atoms. The van der Waals surface area contributed by atoms with Crippen LogP contribution in [-0.2, 0) is 14.8 Å². The van der Waals surface area contributed by atoms with E-state index in [2.05, 4.69) is 5.32 Å². The molecule has 0 bridgehead atoms. The predicted molar refractivity (Wildman–Crippen MR) is 117 cm³/mol. The summed E-state index contributed by atoms with van der Waals surface area (Å²) in [6.45, 7) is 2.14. The van der Waals surface area contributed by atoms with Crippen LogP contribution in [0.25, 0.3) is 11.1 Å². The minimum absolute atomic E-state index is 0.00695. The molecule has 3 aromatic carbocycles. The molecule has 1 atom stereocenters. The van der Waals surface area contributed by atoms with Crippen molar-refractivity contribution in [2.24, 2.45) is 5.14 Å². The zero-order chi connectivity index (χ0) is 22.4. The fourth-order valence-electron chi connectivity index (χ4n) is 3.03. The summed E-state index contributed by atoms with van der Waals surface area (Å²) in [6, 6.07) is 19.7. The minimum Gasteiger partial charge on any atom is -0.492 e. The number of primary sulfonamides is 1. The summed E-state index contributed by atoms with van der Waals surface area (Å²) in [5.74, 6) is -0.712. The maximum atomic E-state index is 14.6. The van der Waals surface area contributed by atoms with Gasteiger partial charge in [0.25, 0.3) is 0 Å². The maximum Gasteiger partial charge on any atom is 0.238 e. The number of carbonyl (C=O) groups is 1. The lowest BCUT2D eigenvalue weighted by Gasteiger charge is -2.14. The van der Waals surface area contributed by atoms with E-state index < -0.39 is 15.9 Å². The third kappa shape index (κ3) is 5.90. The number of ether oxygens (including phenoxy) is 1. The Morgan fingerprint density at radius 3 is 2.35 bits per heavy atom. The van der Waals surface area contributed by atoms with Gasteiger partial charge in [-0.15, -0.1) is 0 Å². The Labute approximate surface area is 180 Å². The molecule has 1 amide bonds. The molecule has 3 rings (SSSR count). The number of amides is 1. The molecule has 0 fully saturated rings. The highest BCUT2D eigenvalue weighted by atomic mass is 32.2. The molecule has 3 aromatic rings. The molecular formula is C23H23FN2O4S. The molecule has 0 aromatic heterocycles. The molecule has 0 heterocycles. The fraction of sp³-hybridized carbons (Fsp3) is 0.174. The summed E-state index contributed by atoms with van der Waals surface area (Å²) >= 11 is 0. The minimum atomic E-state index is -3.75. The Hall–Kier alpha value is -3.23. The van der Waals surface area contributed by atoms with Gasteiger partial charge in [0.1, 0.15) is 18.2 Å². The zero-order valence-electron chi connectivity index (χ0n) is 16.9. The number of carbonyl (C=O) groups excluding carboxylic acids is 1. The van der Waals surface area contributed by atoms with Gasteiger partial charge in [0.15, 0.2) is 0 Å². The summed E-state index contributed by atoms with van der Waals surface area (Å²) in [5, 5.41) is 7.80. The number of sulfonamides is 1. The van der Waals surface area contributed by atoms with Crippen LogP contribution in [0, 0.1) is 5.82 Å². The number of halogens is 1. The summed E-state index contributed by atoms with van der Waals surface area (Å²) in [4.78, 5) is 12.4. The standard InChI is InChI=1S/C23H23FN2O4S/c1-16(18-7-12-21(22(24)15-18)17-5-3-2-4-6-17)23(27)26-13-14-30-19-8-10-20(11-9-19)31(25,28)29/h2-12,15-16H,13-14H2,1H3,(H,26,27)(H2,25,28,29). The van der Waals surface area contributed by atoms with Crippen LogP contribution in [0.2, 0.25) is 0 Å². The first-order valence-corrected chi connectivity index (χ1v) is 11.2. The van der Waals surface area contributed by atoms with Gasteiger partial charge in [-0.2, -0.15) is 0 Å². The normalized spacial score (nSPS) is 12.2. The highest BCUT2D eigenvalue weighted by molar-refractivity contribution is 7.89. The lowest BCUT2D eigenvalue weighted by Crippen LogP contribution is -2.31. The SMILES string of the molecule is CC(C(=O)NCCOc1ccc(S(N)(=O)=O)cc1)c1ccc(-c2ccccc2)c(F)c1. The second-order valence-corrected chi connectivity index (χ2v) is 8.54. The zero-order valence-corrected chi connectivity index (χ0v) is 17.7. The number of hydrogen-bond acceptors (Lipinski definition) is 4. The molecule has 0 aliphatic rings. The van der Waals surface area contributed by atoms with E-state index in [-0.39, 0.29) is 29.8 Å². The lowest BCUT2D eigenvalue weighted by molar-refractivity contribution is -0.122. The highest BCUT2D eigenvalue weighted by Crippen LogP contribution is 2.26. The number of benzene rings is 3. The van der Waals surface area contributed by atoms with E-state index in [1.807, 2.05) is 30.3 Å². The van der Waals surface area contributed by atoms with Gasteiger partial charge >= 0.3 is 0 Å². The number of nitrogens with one attached hydrogen (secondary N) is 1. The molecule has 0 saturated carbocycles. The van der Waals surface area contributed by atoms with Gasteiger partial charge < -0.3 is 10.1 Å². The average Bonchev–Trinajstić information content (AvgIpc) is 2.76. The molecule has 0 aliphatic carbocycles. The summed E-state index contributed by atoms with van der Waals surface area (Å²) < 4.78 is 42.5. The topological polar surface area (TPSA) is 98.5 Å². The van der Waals surface area contributed by atoms with Crippen LogP contribution in [0.3, 0.4) is 0 Å². The second-order valence-electron chi connectivity index (χ2n) is 6.98. The van der Waals surface area contributed by atoms with E-state index in [1.165, 1.54) is 30.3 Å². The summed E-state index contributed by atoms with van der Waals surface area (Å²) in [6.07, 6.45) is 0. The van der Waals surface area contributed by atoms with Crippen LogP contribution in [0.1, 0.15) is 18.4 Å². The van der Waals surface area contributed by atoms with Gasteiger partial charge in [0, 0.05) is 5.56 Å². The van der Waals surface area contributed by atoms with Gasteiger partial charge in [-0.3, -0.25) is 4.79 Å². The first-order chi connectivity index (χ1) is 14.8. The fourth-order valence-corrected chi connectivity index (χ4v) is 3.54. The van der Waals surface area contributed by atoms with E-state index in [0.29, 0.717) is 16.9 Å². The van der Waals surface area contributed by atoms with Gasteiger partial charge in [-0.25, -0.2) is 17.9 Å². The average molecular weight is 443 g/mol. The number of nitrogens with two attached hydrogens (primary N) is 1. The van der Waals surface area contributed by atoms with Crippen molar-refractivity contribution in [2.75, 3.05) is 13.2 Å². The van der Waals surface area contributed by atoms with Gasteiger partial charge in [-0.05, 0) is 48.4 Å². The van der Waals surface area contributed by atoms with Crippen molar-refractivity contribution >= 4 is 15.9 Å². The van der Waals surface area contributed by atoms with Crippen molar-refractivity contribution in [1.82, 2.24) is 5.32 Å². The Morgan fingerprint density at radius 1 is 1.06 bits per heavy atom. The molecule has 162 valence electrons. The first kappa shape index (κ1) is 22.5. The van der Waals surface area contributed by atoms with Crippen LogP contribution in [-0.4, -0.2) is 27.5 Å². The lowest BCUT2D eigenvalue weighted by atomic mass is 9.96. The van der Waals surface area contributed by atoms with Crippen molar-refractivity contribution in [3.8, 4) is 16.9 Å². The number of rotatable bonds is 8. The van der Waals surface area contributed by atoms with Crippen LogP contribution in [0.4, 0.5) is 4.39 Å². The quantitative estimate of drug-likeness (QED) is 0.522. The third-order valence-corrected chi connectivity index (χ3v) is 5.72. The Morgan fingerprint density at radius 2 is 1.74 bits per heavy atom. The van der Waals surface area contributed by atoms with E-state index in [0.717, 1.165) is 5.56 Å². The molecule has 8 heteroatoms. The molecular weight excluding hydrogens is 419 g/mol.